The summed E-state index contributed by atoms with van der Waals surface area (Å²) in [5.41, 5.74) is 2.04. The predicted molar refractivity (Wildman–Crippen MR) is 94.4 cm³/mol. The van der Waals surface area contributed by atoms with E-state index >= 15 is 0 Å². The fraction of sp³-hybridized carbons (Fsp3) is 0.316. The van der Waals surface area contributed by atoms with Gasteiger partial charge in [0.05, 0.1) is 20.3 Å². The Morgan fingerprint density at radius 1 is 1.08 bits per heavy atom. The van der Waals surface area contributed by atoms with Crippen LogP contribution in [0.25, 0.3) is 0 Å². The largest absolute Gasteiger partial charge is 0.493 e. The number of benzene rings is 2. The molecular formula is C19H24N2O3. The summed E-state index contributed by atoms with van der Waals surface area (Å²) in [7, 11) is 4.98. The molecule has 128 valence electrons. The Labute approximate surface area is 143 Å². The standard InChI is InChI=1S/C19H24N2O3/c1-14(16-8-6-5-7-9-16)21(2)19(22)20-13-15-10-11-17(23-3)18(12-15)24-4/h5-12,14H,13H2,1-4H3,(H,20,22)/t14-/m1/s1. The first-order chi connectivity index (χ1) is 11.6. The van der Waals surface area contributed by atoms with Crippen LogP contribution in [0, 0.1) is 0 Å². The van der Waals surface area contributed by atoms with Gasteiger partial charge in [-0.25, -0.2) is 4.79 Å². The molecule has 0 saturated carbocycles. The minimum atomic E-state index is -0.124. The van der Waals surface area contributed by atoms with Crippen molar-refractivity contribution in [2.75, 3.05) is 21.3 Å². The number of methoxy groups -OCH3 is 2. The number of rotatable bonds is 6. The Hall–Kier alpha value is -2.69. The van der Waals surface area contributed by atoms with E-state index in [-0.39, 0.29) is 12.1 Å². The average molecular weight is 328 g/mol. The molecule has 0 aliphatic carbocycles. The van der Waals surface area contributed by atoms with Gasteiger partial charge in [-0.15, -0.1) is 0 Å². The van der Waals surface area contributed by atoms with E-state index < -0.39 is 0 Å². The molecule has 0 unspecified atom stereocenters. The summed E-state index contributed by atoms with van der Waals surface area (Å²) in [4.78, 5) is 14.1. The van der Waals surface area contributed by atoms with E-state index in [1.54, 1.807) is 26.2 Å². The highest BCUT2D eigenvalue weighted by molar-refractivity contribution is 5.74. The van der Waals surface area contributed by atoms with Crippen molar-refractivity contribution in [3.63, 3.8) is 0 Å². The third-order valence-corrected chi connectivity index (χ3v) is 4.07. The molecule has 0 saturated heterocycles. The average Bonchev–Trinajstić information content (AvgIpc) is 2.65. The van der Waals surface area contributed by atoms with E-state index in [4.69, 9.17) is 9.47 Å². The molecule has 0 bridgehead atoms. The zero-order chi connectivity index (χ0) is 17.5. The van der Waals surface area contributed by atoms with E-state index in [9.17, 15) is 4.79 Å². The predicted octanol–water partition coefficient (Wildman–Crippen LogP) is 3.61. The van der Waals surface area contributed by atoms with Gasteiger partial charge in [0.1, 0.15) is 0 Å². The second-order valence-corrected chi connectivity index (χ2v) is 5.55. The Bertz CT molecular complexity index is 674. The van der Waals surface area contributed by atoms with Gasteiger partial charge in [-0.2, -0.15) is 0 Å². The van der Waals surface area contributed by atoms with Crippen molar-refractivity contribution >= 4 is 6.03 Å². The normalized spacial score (nSPS) is 11.5. The maximum Gasteiger partial charge on any atom is 0.317 e. The third-order valence-electron chi connectivity index (χ3n) is 4.07. The lowest BCUT2D eigenvalue weighted by Crippen LogP contribution is -2.38. The van der Waals surface area contributed by atoms with Crippen LogP contribution in [0.15, 0.2) is 48.5 Å². The lowest BCUT2D eigenvalue weighted by molar-refractivity contribution is 0.194. The maximum atomic E-state index is 12.4. The molecule has 5 heteroatoms. The monoisotopic (exact) mass is 328 g/mol. The minimum absolute atomic E-state index is 0.00314. The van der Waals surface area contributed by atoms with E-state index in [1.807, 2.05) is 55.5 Å². The highest BCUT2D eigenvalue weighted by Gasteiger charge is 2.17. The van der Waals surface area contributed by atoms with Gasteiger partial charge < -0.3 is 19.7 Å². The highest BCUT2D eigenvalue weighted by atomic mass is 16.5. The SMILES string of the molecule is COc1ccc(CNC(=O)N(C)[C@H](C)c2ccccc2)cc1OC. The van der Waals surface area contributed by atoms with Crippen LogP contribution in [0.2, 0.25) is 0 Å². The number of urea groups is 1. The molecule has 0 fully saturated rings. The van der Waals surface area contributed by atoms with Crippen molar-refractivity contribution in [1.29, 1.82) is 0 Å². The van der Waals surface area contributed by atoms with Gasteiger partial charge in [-0.3, -0.25) is 0 Å². The lowest BCUT2D eigenvalue weighted by atomic mass is 10.1. The van der Waals surface area contributed by atoms with E-state index in [0.717, 1.165) is 11.1 Å². The van der Waals surface area contributed by atoms with Crippen molar-refractivity contribution in [3.8, 4) is 11.5 Å². The van der Waals surface area contributed by atoms with Crippen LogP contribution in [-0.2, 0) is 6.54 Å². The third kappa shape index (κ3) is 4.19. The Kier molecular flexibility index (Phi) is 6.07. The second-order valence-electron chi connectivity index (χ2n) is 5.55. The minimum Gasteiger partial charge on any atom is -0.493 e. The van der Waals surface area contributed by atoms with Crippen LogP contribution in [0.5, 0.6) is 11.5 Å². The van der Waals surface area contributed by atoms with Crippen LogP contribution in [0.1, 0.15) is 24.1 Å². The molecule has 2 rings (SSSR count). The van der Waals surface area contributed by atoms with Crippen molar-refractivity contribution < 1.29 is 14.3 Å². The maximum absolute atomic E-state index is 12.4. The van der Waals surface area contributed by atoms with Gasteiger partial charge in [0.15, 0.2) is 11.5 Å². The van der Waals surface area contributed by atoms with Crippen LogP contribution in [-0.4, -0.2) is 32.2 Å². The molecule has 1 atom stereocenters. The van der Waals surface area contributed by atoms with Crippen LogP contribution in [0.4, 0.5) is 4.79 Å². The van der Waals surface area contributed by atoms with Crippen LogP contribution < -0.4 is 14.8 Å². The van der Waals surface area contributed by atoms with Crippen molar-refractivity contribution in [1.82, 2.24) is 10.2 Å². The number of carbonyl (C=O) groups excluding carboxylic acids is 1. The first-order valence-corrected chi connectivity index (χ1v) is 7.83. The Morgan fingerprint density at radius 2 is 1.75 bits per heavy atom. The van der Waals surface area contributed by atoms with Crippen molar-refractivity contribution in [2.45, 2.75) is 19.5 Å². The topological polar surface area (TPSA) is 50.8 Å². The summed E-state index contributed by atoms with van der Waals surface area (Å²) in [6.45, 7) is 2.43. The summed E-state index contributed by atoms with van der Waals surface area (Å²) in [6, 6.07) is 15.4. The molecule has 0 aliphatic heterocycles. The van der Waals surface area contributed by atoms with Crippen molar-refractivity contribution in [2.24, 2.45) is 0 Å². The molecule has 2 aromatic carbocycles. The first-order valence-electron chi connectivity index (χ1n) is 7.83. The molecule has 1 N–H and O–H groups in total. The van der Waals surface area contributed by atoms with Gasteiger partial charge in [0.25, 0.3) is 0 Å². The van der Waals surface area contributed by atoms with E-state index in [0.29, 0.717) is 18.0 Å². The summed E-state index contributed by atoms with van der Waals surface area (Å²) >= 11 is 0. The Morgan fingerprint density at radius 3 is 2.38 bits per heavy atom. The van der Waals surface area contributed by atoms with Gasteiger partial charge in [0.2, 0.25) is 0 Å². The number of ether oxygens (including phenoxy) is 2. The molecule has 0 heterocycles. The molecule has 2 amide bonds. The molecule has 0 radical (unpaired) electrons. The number of hydrogen-bond acceptors (Lipinski definition) is 3. The Balaban J connectivity index is 1.97. The van der Waals surface area contributed by atoms with Crippen molar-refractivity contribution in [3.05, 3.63) is 59.7 Å². The zero-order valence-corrected chi connectivity index (χ0v) is 14.6. The summed E-state index contributed by atoms with van der Waals surface area (Å²) in [5.74, 6) is 1.32. The summed E-state index contributed by atoms with van der Waals surface area (Å²) in [6.07, 6.45) is 0. The van der Waals surface area contributed by atoms with Gasteiger partial charge in [0, 0.05) is 13.6 Å². The van der Waals surface area contributed by atoms with E-state index in [2.05, 4.69) is 5.32 Å². The number of carbonyl (C=O) groups is 1. The highest BCUT2D eigenvalue weighted by Crippen LogP contribution is 2.27. The number of nitrogens with one attached hydrogen (secondary N) is 1. The fourth-order valence-electron chi connectivity index (χ4n) is 2.42. The van der Waals surface area contributed by atoms with Gasteiger partial charge >= 0.3 is 6.03 Å². The number of nitrogens with zero attached hydrogens (tertiary/aromatic N) is 1. The summed E-state index contributed by atoms with van der Waals surface area (Å²) in [5, 5.41) is 2.93. The second kappa shape index (κ2) is 8.24. The lowest BCUT2D eigenvalue weighted by Gasteiger charge is -2.25. The fourth-order valence-corrected chi connectivity index (χ4v) is 2.42. The van der Waals surface area contributed by atoms with Crippen LogP contribution >= 0.6 is 0 Å². The molecular weight excluding hydrogens is 304 g/mol. The first kappa shape index (κ1) is 17.7. The molecule has 24 heavy (non-hydrogen) atoms. The molecule has 0 aromatic heterocycles. The van der Waals surface area contributed by atoms with Gasteiger partial charge in [-0.05, 0) is 30.2 Å². The quantitative estimate of drug-likeness (QED) is 0.881. The van der Waals surface area contributed by atoms with Crippen LogP contribution in [0.3, 0.4) is 0 Å². The molecule has 0 spiro atoms. The summed E-state index contributed by atoms with van der Waals surface area (Å²) < 4.78 is 10.5. The smallest absolute Gasteiger partial charge is 0.317 e. The zero-order valence-electron chi connectivity index (χ0n) is 14.6. The van der Waals surface area contributed by atoms with Gasteiger partial charge in [-0.1, -0.05) is 36.4 Å². The number of amides is 2. The number of hydrogen-bond donors (Lipinski definition) is 1. The van der Waals surface area contributed by atoms with E-state index in [1.165, 1.54) is 0 Å². The molecule has 0 aliphatic rings. The molecule has 5 nitrogen and oxygen atoms in total. The molecule has 2 aromatic rings.